The second-order valence-corrected chi connectivity index (χ2v) is 3.37. The molecule has 1 N–H and O–H groups in total. The Morgan fingerprint density at radius 3 is 2.92 bits per heavy atom. The van der Waals surface area contributed by atoms with E-state index in [1.54, 1.807) is 4.90 Å². The molecule has 1 aliphatic heterocycles. The van der Waals surface area contributed by atoms with E-state index in [4.69, 9.17) is 4.74 Å². The third-order valence-corrected chi connectivity index (χ3v) is 2.31. The minimum atomic E-state index is -0.380. The van der Waals surface area contributed by atoms with Gasteiger partial charge >= 0.3 is 0 Å². The minimum Gasteiger partial charge on any atom is -0.391 e. The molecule has 13 heavy (non-hydrogen) atoms. The van der Waals surface area contributed by atoms with Crippen LogP contribution in [0.4, 0.5) is 0 Å². The smallest absolute Gasteiger partial charge is 0.219 e. The van der Waals surface area contributed by atoms with Crippen molar-refractivity contribution in [3.05, 3.63) is 0 Å². The lowest BCUT2D eigenvalue weighted by molar-refractivity contribution is -0.130. The van der Waals surface area contributed by atoms with Crippen molar-refractivity contribution in [2.24, 2.45) is 0 Å². The lowest BCUT2D eigenvalue weighted by atomic mass is 10.2. The van der Waals surface area contributed by atoms with Crippen LogP contribution in [0.5, 0.6) is 0 Å². The van der Waals surface area contributed by atoms with Crippen LogP contribution in [0.2, 0.25) is 0 Å². The normalized spacial score (nSPS) is 28.1. The number of ether oxygens (including phenoxy) is 1. The predicted molar refractivity (Wildman–Crippen MR) is 48.3 cm³/mol. The SMILES string of the molecule is CCOC[C@@H]1C[C@@H](O)CN1C(C)=O. The van der Waals surface area contributed by atoms with Crippen LogP contribution >= 0.6 is 0 Å². The molecular formula is C9H17NO3. The Morgan fingerprint density at radius 2 is 2.38 bits per heavy atom. The number of hydrogen-bond acceptors (Lipinski definition) is 3. The van der Waals surface area contributed by atoms with Gasteiger partial charge in [-0.1, -0.05) is 0 Å². The second kappa shape index (κ2) is 4.58. The van der Waals surface area contributed by atoms with Crippen molar-refractivity contribution in [3.63, 3.8) is 0 Å². The number of β-amino-alcohol motifs (C(OH)–C–C–N with tert-alkyl or cyclic N) is 1. The summed E-state index contributed by atoms with van der Waals surface area (Å²) in [4.78, 5) is 12.8. The molecule has 1 fully saturated rings. The highest BCUT2D eigenvalue weighted by Gasteiger charge is 2.32. The number of rotatable bonds is 3. The molecular weight excluding hydrogens is 170 g/mol. The van der Waals surface area contributed by atoms with E-state index >= 15 is 0 Å². The molecule has 0 aliphatic carbocycles. The Bertz CT molecular complexity index is 184. The quantitative estimate of drug-likeness (QED) is 0.677. The number of likely N-dealkylation sites (tertiary alicyclic amines) is 1. The van der Waals surface area contributed by atoms with Gasteiger partial charge in [0.25, 0.3) is 0 Å². The molecule has 1 saturated heterocycles. The number of aliphatic hydroxyl groups is 1. The van der Waals surface area contributed by atoms with Crippen molar-refractivity contribution in [2.45, 2.75) is 32.4 Å². The lowest BCUT2D eigenvalue weighted by Gasteiger charge is -2.22. The summed E-state index contributed by atoms with van der Waals surface area (Å²) in [5, 5.41) is 9.37. The highest BCUT2D eigenvalue weighted by molar-refractivity contribution is 5.74. The monoisotopic (exact) mass is 187 g/mol. The van der Waals surface area contributed by atoms with Crippen LogP contribution in [0, 0.1) is 0 Å². The average molecular weight is 187 g/mol. The van der Waals surface area contributed by atoms with E-state index in [0.29, 0.717) is 26.2 Å². The number of nitrogens with zero attached hydrogens (tertiary/aromatic N) is 1. The average Bonchev–Trinajstić information content (AvgIpc) is 2.43. The van der Waals surface area contributed by atoms with E-state index in [1.165, 1.54) is 6.92 Å². The van der Waals surface area contributed by atoms with E-state index in [0.717, 1.165) is 0 Å². The Hall–Kier alpha value is -0.610. The summed E-state index contributed by atoms with van der Waals surface area (Å²) in [6.45, 7) is 5.08. The fraction of sp³-hybridized carbons (Fsp3) is 0.889. The molecule has 1 aliphatic rings. The largest absolute Gasteiger partial charge is 0.391 e. The molecule has 1 rings (SSSR count). The Balaban J connectivity index is 2.45. The van der Waals surface area contributed by atoms with Gasteiger partial charge in [-0.3, -0.25) is 4.79 Å². The van der Waals surface area contributed by atoms with Crippen LogP contribution in [0.1, 0.15) is 20.3 Å². The first-order chi connectivity index (χ1) is 6.15. The summed E-state index contributed by atoms with van der Waals surface area (Å²) < 4.78 is 5.24. The number of hydrogen-bond donors (Lipinski definition) is 1. The summed E-state index contributed by atoms with van der Waals surface area (Å²) in [7, 11) is 0. The van der Waals surface area contributed by atoms with E-state index in [9.17, 15) is 9.90 Å². The summed E-state index contributed by atoms with van der Waals surface area (Å²) in [5.74, 6) is 0.0150. The van der Waals surface area contributed by atoms with Gasteiger partial charge in [0.1, 0.15) is 0 Å². The molecule has 0 aromatic heterocycles. The molecule has 0 unspecified atom stereocenters. The van der Waals surface area contributed by atoms with Gasteiger partial charge in [0.05, 0.1) is 18.8 Å². The van der Waals surface area contributed by atoms with Crippen molar-refractivity contribution in [2.75, 3.05) is 19.8 Å². The fourth-order valence-corrected chi connectivity index (χ4v) is 1.69. The Kier molecular flexibility index (Phi) is 3.69. The molecule has 0 radical (unpaired) electrons. The van der Waals surface area contributed by atoms with Gasteiger partial charge in [-0.05, 0) is 13.3 Å². The van der Waals surface area contributed by atoms with Crippen molar-refractivity contribution < 1.29 is 14.6 Å². The van der Waals surface area contributed by atoms with Crippen LogP contribution in [0.3, 0.4) is 0 Å². The van der Waals surface area contributed by atoms with Crippen LogP contribution < -0.4 is 0 Å². The van der Waals surface area contributed by atoms with Crippen LogP contribution in [0.25, 0.3) is 0 Å². The van der Waals surface area contributed by atoms with Crippen LogP contribution in [-0.2, 0) is 9.53 Å². The number of carbonyl (C=O) groups excluding carboxylic acids is 1. The van der Waals surface area contributed by atoms with E-state index in [-0.39, 0.29) is 18.1 Å². The number of aliphatic hydroxyl groups excluding tert-OH is 1. The van der Waals surface area contributed by atoms with Gasteiger partial charge in [0.15, 0.2) is 0 Å². The molecule has 0 bridgehead atoms. The van der Waals surface area contributed by atoms with Crippen molar-refractivity contribution in [3.8, 4) is 0 Å². The third-order valence-electron chi connectivity index (χ3n) is 2.31. The van der Waals surface area contributed by atoms with E-state index in [1.807, 2.05) is 6.92 Å². The summed E-state index contributed by atoms with van der Waals surface area (Å²) in [5.41, 5.74) is 0. The fourth-order valence-electron chi connectivity index (χ4n) is 1.69. The van der Waals surface area contributed by atoms with Crippen LogP contribution in [0.15, 0.2) is 0 Å². The standard InChI is InChI=1S/C9H17NO3/c1-3-13-6-8-4-9(12)5-10(8)7(2)11/h8-9,12H,3-6H2,1-2H3/t8-,9+/m0/s1. The van der Waals surface area contributed by atoms with Gasteiger partial charge in [0.2, 0.25) is 5.91 Å². The van der Waals surface area contributed by atoms with Gasteiger partial charge in [0, 0.05) is 20.1 Å². The highest BCUT2D eigenvalue weighted by atomic mass is 16.5. The van der Waals surface area contributed by atoms with Gasteiger partial charge in [-0.15, -0.1) is 0 Å². The van der Waals surface area contributed by atoms with Crippen molar-refractivity contribution in [1.29, 1.82) is 0 Å². The zero-order chi connectivity index (χ0) is 9.84. The number of carbonyl (C=O) groups is 1. The van der Waals surface area contributed by atoms with Gasteiger partial charge in [-0.25, -0.2) is 0 Å². The molecule has 0 saturated carbocycles. The molecule has 0 spiro atoms. The molecule has 0 aromatic rings. The van der Waals surface area contributed by atoms with Gasteiger partial charge < -0.3 is 14.7 Å². The first kappa shape index (κ1) is 10.5. The van der Waals surface area contributed by atoms with Gasteiger partial charge in [-0.2, -0.15) is 0 Å². The maximum Gasteiger partial charge on any atom is 0.219 e. The summed E-state index contributed by atoms with van der Waals surface area (Å²) in [6.07, 6.45) is 0.258. The first-order valence-electron chi connectivity index (χ1n) is 4.68. The zero-order valence-corrected chi connectivity index (χ0v) is 8.19. The lowest BCUT2D eigenvalue weighted by Crippen LogP contribution is -2.36. The van der Waals surface area contributed by atoms with E-state index < -0.39 is 0 Å². The third kappa shape index (κ3) is 2.67. The Labute approximate surface area is 78.5 Å². The summed E-state index contributed by atoms with van der Waals surface area (Å²) in [6, 6.07) is 0.0625. The predicted octanol–water partition coefficient (Wildman–Crippen LogP) is 0.00460. The topological polar surface area (TPSA) is 49.8 Å². The van der Waals surface area contributed by atoms with Crippen LogP contribution in [-0.4, -0.2) is 47.8 Å². The molecule has 76 valence electrons. The molecule has 4 nitrogen and oxygen atoms in total. The summed E-state index contributed by atoms with van der Waals surface area (Å²) >= 11 is 0. The van der Waals surface area contributed by atoms with Crippen molar-refractivity contribution >= 4 is 5.91 Å². The maximum atomic E-state index is 11.1. The minimum absolute atomic E-state index is 0.0150. The zero-order valence-electron chi connectivity index (χ0n) is 8.19. The molecule has 4 heteroatoms. The van der Waals surface area contributed by atoms with Crippen molar-refractivity contribution in [1.82, 2.24) is 4.90 Å². The Morgan fingerprint density at radius 1 is 1.69 bits per heavy atom. The highest BCUT2D eigenvalue weighted by Crippen LogP contribution is 2.17. The first-order valence-corrected chi connectivity index (χ1v) is 4.68. The molecule has 1 heterocycles. The molecule has 1 amide bonds. The molecule has 2 atom stereocenters. The maximum absolute atomic E-state index is 11.1. The number of amides is 1. The molecule has 0 aromatic carbocycles. The second-order valence-electron chi connectivity index (χ2n) is 3.37. The van der Waals surface area contributed by atoms with E-state index in [2.05, 4.69) is 0 Å².